The van der Waals surface area contributed by atoms with Gasteiger partial charge in [0.05, 0.1) is 14.2 Å². The fourth-order valence-corrected chi connectivity index (χ4v) is 3.03. The number of hydrogen-bond donors (Lipinski definition) is 2. The Morgan fingerprint density at radius 1 is 0.938 bits per heavy atom. The number of rotatable bonds is 9. The van der Waals surface area contributed by atoms with Gasteiger partial charge in [-0.2, -0.15) is 0 Å². The van der Waals surface area contributed by atoms with Gasteiger partial charge in [-0.3, -0.25) is 9.59 Å². The van der Waals surface area contributed by atoms with Gasteiger partial charge in [0.2, 0.25) is 0 Å². The number of methoxy groups -OCH3 is 2. The van der Waals surface area contributed by atoms with E-state index in [1.165, 1.54) is 26.4 Å². The molecule has 0 aromatic heterocycles. The molecule has 0 saturated carbocycles. The Hall–Kier alpha value is -3.55. The molecule has 0 saturated heterocycles. The molecule has 0 unspecified atom stereocenters. The minimum Gasteiger partial charge on any atom is -0.497 e. The molecule has 0 aliphatic carbocycles. The van der Waals surface area contributed by atoms with Gasteiger partial charge in [-0.15, -0.1) is 0 Å². The highest BCUT2D eigenvalue weighted by Crippen LogP contribution is 2.23. The van der Waals surface area contributed by atoms with Crippen molar-refractivity contribution in [3.05, 3.63) is 53.1 Å². The lowest BCUT2D eigenvalue weighted by Crippen LogP contribution is -2.46. The number of ether oxygens (including phenoxy) is 3. The van der Waals surface area contributed by atoms with Crippen molar-refractivity contribution >= 4 is 23.5 Å². The van der Waals surface area contributed by atoms with E-state index in [1.807, 2.05) is 26.0 Å². The van der Waals surface area contributed by atoms with E-state index in [9.17, 15) is 14.4 Å². The maximum absolute atomic E-state index is 12.7. The third kappa shape index (κ3) is 6.73. The molecule has 0 aliphatic rings. The first-order valence-corrected chi connectivity index (χ1v) is 10.2. The molecular formula is C24H30N2O6. The topological polar surface area (TPSA) is 103 Å². The number of benzene rings is 2. The van der Waals surface area contributed by atoms with Crippen LogP contribution in [-0.4, -0.2) is 44.7 Å². The summed E-state index contributed by atoms with van der Waals surface area (Å²) in [6, 6.07) is 9.40. The zero-order chi connectivity index (χ0) is 23.8. The first-order valence-electron chi connectivity index (χ1n) is 10.2. The van der Waals surface area contributed by atoms with E-state index in [1.54, 1.807) is 26.0 Å². The highest BCUT2D eigenvalue weighted by atomic mass is 16.5. The van der Waals surface area contributed by atoms with Gasteiger partial charge in [0.15, 0.2) is 6.61 Å². The van der Waals surface area contributed by atoms with Crippen molar-refractivity contribution in [3.63, 3.8) is 0 Å². The Morgan fingerprint density at radius 2 is 1.56 bits per heavy atom. The van der Waals surface area contributed by atoms with Crippen molar-refractivity contribution in [3.8, 4) is 11.5 Å². The van der Waals surface area contributed by atoms with Crippen molar-refractivity contribution in [2.75, 3.05) is 26.1 Å². The van der Waals surface area contributed by atoms with Gasteiger partial charge in [0.25, 0.3) is 11.8 Å². The molecule has 0 aliphatic heterocycles. The number of hydrogen-bond acceptors (Lipinski definition) is 6. The fourth-order valence-electron chi connectivity index (χ4n) is 3.03. The van der Waals surface area contributed by atoms with Crippen LogP contribution in [0.5, 0.6) is 11.5 Å². The maximum atomic E-state index is 12.7. The number of nitrogens with one attached hydrogen (secondary N) is 2. The minimum atomic E-state index is -0.936. The number of carbonyl (C=O) groups is 3. The number of esters is 1. The highest BCUT2D eigenvalue weighted by molar-refractivity contribution is 5.98. The summed E-state index contributed by atoms with van der Waals surface area (Å²) < 4.78 is 15.5. The average molecular weight is 443 g/mol. The van der Waals surface area contributed by atoms with Gasteiger partial charge < -0.3 is 24.8 Å². The SMILES string of the molecule is COc1cc(OC)cc(C(=O)N[C@H](C(=O)OCC(=O)Nc2ccc(C)cc2C)C(C)C)c1. The summed E-state index contributed by atoms with van der Waals surface area (Å²) >= 11 is 0. The molecule has 2 aromatic carbocycles. The fraction of sp³-hybridized carbons (Fsp3) is 0.375. The number of amides is 2. The second-order valence-electron chi connectivity index (χ2n) is 7.77. The summed E-state index contributed by atoms with van der Waals surface area (Å²) in [6.45, 7) is 6.93. The molecule has 2 aromatic rings. The molecule has 0 radical (unpaired) electrons. The predicted octanol–water partition coefficient (Wildman–Crippen LogP) is 3.26. The van der Waals surface area contributed by atoms with Crippen LogP contribution in [0.25, 0.3) is 0 Å². The molecule has 8 nitrogen and oxygen atoms in total. The Labute approximate surface area is 188 Å². The summed E-state index contributed by atoms with van der Waals surface area (Å²) in [7, 11) is 2.96. The smallest absolute Gasteiger partial charge is 0.329 e. The highest BCUT2D eigenvalue weighted by Gasteiger charge is 2.27. The number of carbonyl (C=O) groups excluding carboxylic acids is 3. The monoisotopic (exact) mass is 442 g/mol. The molecule has 1 atom stereocenters. The Bertz CT molecular complexity index is 964. The second kappa shape index (κ2) is 11.2. The van der Waals surface area contributed by atoms with E-state index in [-0.39, 0.29) is 11.5 Å². The average Bonchev–Trinajstić information content (AvgIpc) is 2.76. The third-order valence-electron chi connectivity index (χ3n) is 4.82. The van der Waals surface area contributed by atoms with Crippen molar-refractivity contribution in [2.24, 2.45) is 5.92 Å². The first kappa shape index (κ1) is 24.7. The van der Waals surface area contributed by atoms with Gasteiger partial charge in [-0.1, -0.05) is 31.5 Å². The Morgan fingerprint density at radius 3 is 2.09 bits per heavy atom. The van der Waals surface area contributed by atoms with E-state index in [4.69, 9.17) is 14.2 Å². The third-order valence-corrected chi connectivity index (χ3v) is 4.82. The van der Waals surface area contributed by atoms with Crippen molar-refractivity contribution in [2.45, 2.75) is 33.7 Å². The zero-order valence-corrected chi connectivity index (χ0v) is 19.3. The van der Waals surface area contributed by atoms with Crippen LogP contribution < -0.4 is 20.1 Å². The Kier molecular flexibility index (Phi) is 8.63. The Balaban J connectivity index is 2.01. The first-order chi connectivity index (χ1) is 15.1. The molecule has 32 heavy (non-hydrogen) atoms. The molecule has 0 spiro atoms. The number of anilines is 1. The summed E-state index contributed by atoms with van der Waals surface area (Å²) in [4.78, 5) is 37.6. The standard InChI is InChI=1S/C24H30N2O6/c1-14(2)22(26-23(28)17-10-18(30-5)12-19(11-17)31-6)24(29)32-13-21(27)25-20-8-7-15(3)9-16(20)4/h7-12,14,22H,13H2,1-6H3,(H,25,27)(H,26,28)/t22-/m0/s1. The largest absolute Gasteiger partial charge is 0.497 e. The van der Waals surface area contributed by atoms with Crippen molar-refractivity contribution in [1.29, 1.82) is 0 Å². The van der Waals surface area contributed by atoms with Crippen LogP contribution in [-0.2, 0) is 14.3 Å². The molecule has 2 rings (SSSR count). The summed E-state index contributed by atoms with van der Waals surface area (Å²) in [5, 5.41) is 5.39. The van der Waals surface area contributed by atoms with Crippen LogP contribution in [0.4, 0.5) is 5.69 Å². The van der Waals surface area contributed by atoms with E-state index >= 15 is 0 Å². The van der Waals surface area contributed by atoms with Crippen LogP contribution in [0.3, 0.4) is 0 Å². The van der Waals surface area contributed by atoms with Crippen molar-refractivity contribution < 1.29 is 28.6 Å². The van der Waals surface area contributed by atoms with Crippen LogP contribution in [0.2, 0.25) is 0 Å². The van der Waals surface area contributed by atoms with Crippen LogP contribution in [0, 0.1) is 19.8 Å². The van der Waals surface area contributed by atoms with Gasteiger partial charge in [0, 0.05) is 17.3 Å². The molecule has 0 heterocycles. The molecule has 2 amide bonds. The van der Waals surface area contributed by atoms with E-state index in [0.29, 0.717) is 17.2 Å². The van der Waals surface area contributed by atoms with Gasteiger partial charge in [-0.05, 0) is 43.5 Å². The van der Waals surface area contributed by atoms with E-state index in [2.05, 4.69) is 10.6 Å². The summed E-state index contributed by atoms with van der Waals surface area (Å²) in [6.07, 6.45) is 0. The lowest BCUT2D eigenvalue weighted by atomic mass is 10.0. The van der Waals surface area contributed by atoms with Gasteiger partial charge >= 0.3 is 5.97 Å². The lowest BCUT2D eigenvalue weighted by molar-refractivity contribution is -0.150. The maximum Gasteiger partial charge on any atom is 0.329 e. The zero-order valence-electron chi connectivity index (χ0n) is 19.3. The molecular weight excluding hydrogens is 412 g/mol. The molecule has 172 valence electrons. The van der Waals surface area contributed by atoms with Crippen LogP contribution in [0.15, 0.2) is 36.4 Å². The number of aryl methyl sites for hydroxylation is 2. The lowest BCUT2D eigenvalue weighted by Gasteiger charge is -2.21. The summed E-state index contributed by atoms with van der Waals surface area (Å²) in [5.41, 5.74) is 2.91. The van der Waals surface area contributed by atoms with Crippen LogP contribution in [0.1, 0.15) is 35.3 Å². The van der Waals surface area contributed by atoms with Crippen molar-refractivity contribution in [1.82, 2.24) is 5.32 Å². The molecule has 8 heteroatoms. The second-order valence-corrected chi connectivity index (χ2v) is 7.77. The molecule has 0 bridgehead atoms. The summed E-state index contributed by atoms with van der Waals surface area (Å²) in [5.74, 6) is -1.02. The van der Waals surface area contributed by atoms with Crippen LogP contribution >= 0.6 is 0 Å². The van der Waals surface area contributed by atoms with E-state index in [0.717, 1.165) is 11.1 Å². The minimum absolute atomic E-state index is 0.263. The normalized spacial score (nSPS) is 11.5. The quantitative estimate of drug-likeness (QED) is 0.578. The predicted molar refractivity (Wildman–Crippen MR) is 121 cm³/mol. The molecule has 0 fully saturated rings. The van der Waals surface area contributed by atoms with Gasteiger partial charge in [0.1, 0.15) is 17.5 Å². The van der Waals surface area contributed by atoms with E-state index < -0.39 is 30.4 Å². The van der Waals surface area contributed by atoms with Gasteiger partial charge in [-0.25, -0.2) is 4.79 Å². The molecule has 2 N–H and O–H groups in total.